The van der Waals surface area contributed by atoms with Gasteiger partial charge in [-0.1, -0.05) is 6.42 Å². The molecule has 0 aromatic carbocycles. The molecule has 2 fully saturated rings. The summed E-state index contributed by atoms with van der Waals surface area (Å²) in [5.41, 5.74) is 0. The summed E-state index contributed by atoms with van der Waals surface area (Å²) in [6.07, 6.45) is 11.1. The van der Waals surface area contributed by atoms with Crippen molar-refractivity contribution in [1.82, 2.24) is 5.32 Å². The van der Waals surface area contributed by atoms with Gasteiger partial charge >= 0.3 is 0 Å². The molecule has 0 amide bonds. The number of hydrogen-bond donors (Lipinski definition) is 2. The van der Waals surface area contributed by atoms with Crippen LogP contribution in [0.4, 0.5) is 0 Å². The van der Waals surface area contributed by atoms with Crippen molar-refractivity contribution in [2.45, 2.75) is 76.0 Å². The molecule has 2 rings (SSSR count). The zero-order chi connectivity index (χ0) is 9.80. The molecule has 0 aromatic heterocycles. The van der Waals surface area contributed by atoms with Crippen LogP contribution in [0.15, 0.2) is 0 Å². The smallest absolute Gasteiger partial charge is 0.0540 e. The third-order valence-electron chi connectivity index (χ3n) is 3.76. The average molecular weight is 197 g/mol. The van der Waals surface area contributed by atoms with Crippen LogP contribution in [0.1, 0.15) is 57.8 Å². The molecule has 2 atom stereocenters. The minimum absolute atomic E-state index is 0.0196. The quantitative estimate of drug-likeness (QED) is 0.624. The Morgan fingerprint density at radius 3 is 1.64 bits per heavy atom. The van der Waals surface area contributed by atoms with Crippen LogP contribution in [0, 0.1) is 0 Å². The molecule has 2 heterocycles. The maximum absolute atomic E-state index is 9.67. The Morgan fingerprint density at radius 2 is 1.14 bits per heavy atom. The molecule has 2 saturated heterocycles. The molecule has 2 aliphatic rings. The molecule has 0 aliphatic carbocycles. The van der Waals surface area contributed by atoms with Gasteiger partial charge in [-0.15, -0.1) is 0 Å². The number of aliphatic hydroxyl groups is 1. The van der Waals surface area contributed by atoms with E-state index in [1.54, 1.807) is 0 Å². The standard InChI is InChI=1S/C12H23NO/c14-12-8-2-6-10-4-1-5-11(13-10)7-3-9-12/h10-14H,1-9H2/t10-,11-/m1/s1. The van der Waals surface area contributed by atoms with E-state index >= 15 is 0 Å². The lowest BCUT2D eigenvalue weighted by Crippen LogP contribution is -2.42. The highest BCUT2D eigenvalue weighted by atomic mass is 16.3. The van der Waals surface area contributed by atoms with Gasteiger partial charge in [0.1, 0.15) is 0 Å². The fourth-order valence-electron chi connectivity index (χ4n) is 2.91. The van der Waals surface area contributed by atoms with Crippen LogP contribution < -0.4 is 5.32 Å². The first-order valence-electron chi connectivity index (χ1n) is 6.29. The zero-order valence-electron chi connectivity index (χ0n) is 9.04. The number of nitrogens with one attached hydrogen (secondary N) is 1. The Labute approximate surface area is 87.1 Å². The fourth-order valence-corrected chi connectivity index (χ4v) is 2.91. The van der Waals surface area contributed by atoms with E-state index in [0.717, 1.165) is 24.9 Å². The molecule has 0 saturated carbocycles. The van der Waals surface area contributed by atoms with Crippen molar-refractivity contribution < 1.29 is 5.11 Å². The van der Waals surface area contributed by atoms with Crippen LogP contribution in [0.3, 0.4) is 0 Å². The average Bonchev–Trinajstić information content (AvgIpc) is 2.18. The Balaban J connectivity index is 1.86. The molecule has 0 unspecified atom stereocenters. The predicted octanol–water partition coefficient (Wildman–Crippen LogP) is 2.21. The Hall–Kier alpha value is -0.0800. The second kappa shape index (κ2) is 5.13. The first-order valence-corrected chi connectivity index (χ1v) is 6.29. The molecule has 0 spiro atoms. The Kier molecular flexibility index (Phi) is 3.82. The van der Waals surface area contributed by atoms with E-state index in [1.165, 1.54) is 44.9 Å². The van der Waals surface area contributed by atoms with E-state index in [4.69, 9.17) is 0 Å². The highest BCUT2D eigenvalue weighted by Crippen LogP contribution is 2.23. The second-order valence-electron chi connectivity index (χ2n) is 5.01. The van der Waals surface area contributed by atoms with Crippen LogP contribution >= 0.6 is 0 Å². The Bertz CT molecular complexity index is 156. The van der Waals surface area contributed by atoms with E-state index in [0.29, 0.717) is 0 Å². The molecule has 0 radical (unpaired) electrons. The van der Waals surface area contributed by atoms with E-state index in [2.05, 4.69) is 5.32 Å². The summed E-state index contributed by atoms with van der Waals surface area (Å²) in [5.74, 6) is 0. The molecular weight excluding hydrogens is 174 g/mol. The monoisotopic (exact) mass is 197 g/mol. The van der Waals surface area contributed by atoms with Crippen molar-refractivity contribution in [3.05, 3.63) is 0 Å². The van der Waals surface area contributed by atoms with Crippen LogP contribution in [0.2, 0.25) is 0 Å². The van der Waals surface area contributed by atoms with Gasteiger partial charge in [0.15, 0.2) is 0 Å². The van der Waals surface area contributed by atoms with Gasteiger partial charge in [-0.25, -0.2) is 0 Å². The van der Waals surface area contributed by atoms with Crippen molar-refractivity contribution in [2.75, 3.05) is 0 Å². The van der Waals surface area contributed by atoms with Crippen molar-refractivity contribution in [3.63, 3.8) is 0 Å². The minimum Gasteiger partial charge on any atom is -0.393 e. The summed E-state index contributed by atoms with van der Waals surface area (Å²) < 4.78 is 0. The normalized spacial score (nSPS) is 36.6. The lowest BCUT2D eigenvalue weighted by Gasteiger charge is -2.32. The fraction of sp³-hybridized carbons (Fsp3) is 1.00. The molecule has 2 N–H and O–H groups in total. The third kappa shape index (κ3) is 2.96. The molecule has 2 bridgehead atoms. The van der Waals surface area contributed by atoms with Gasteiger partial charge in [0.25, 0.3) is 0 Å². The summed E-state index contributed by atoms with van der Waals surface area (Å²) in [4.78, 5) is 0. The van der Waals surface area contributed by atoms with Gasteiger partial charge in [0.2, 0.25) is 0 Å². The molecule has 2 heteroatoms. The van der Waals surface area contributed by atoms with Crippen molar-refractivity contribution in [2.24, 2.45) is 0 Å². The zero-order valence-corrected chi connectivity index (χ0v) is 9.04. The number of piperidine rings is 1. The first-order chi connectivity index (χ1) is 6.84. The van der Waals surface area contributed by atoms with Crippen LogP contribution in [-0.4, -0.2) is 23.3 Å². The maximum atomic E-state index is 9.67. The minimum atomic E-state index is -0.0196. The van der Waals surface area contributed by atoms with Gasteiger partial charge in [0.05, 0.1) is 6.10 Å². The van der Waals surface area contributed by atoms with Crippen molar-refractivity contribution in [3.8, 4) is 0 Å². The predicted molar refractivity (Wildman–Crippen MR) is 58.3 cm³/mol. The maximum Gasteiger partial charge on any atom is 0.0540 e. The molecule has 14 heavy (non-hydrogen) atoms. The lowest BCUT2D eigenvalue weighted by atomic mass is 9.90. The molecule has 2 aliphatic heterocycles. The van der Waals surface area contributed by atoms with Gasteiger partial charge in [0, 0.05) is 12.1 Å². The van der Waals surface area contributed by atoms with E-state index in [1.807, 2.05) is 0 Å². The SMILES string of the molecule is OC1CCC[C@H]2CCC[C@H](CCC1)N2. The van der Waals surface area contributed by atoms with Gasteiger partial charge in [-0.2, -0.15) is 0 Å². The van der Waals surface area contributed by atoms with Crippen LogP contribution in [-0.2, 0) is 0 Å². The van der Waals surface area contributed by atoms with Crippen molar-refractivity contribution >= 4 is 0 Å². The highest BCUT2D eigenvalue weighted by Gasteiger charge is 2.21. The van der Waals surface area contributed by atoms with Gasteiger partial charge in [-0.05, 0) is 51.4 Å². The highest BCUT2D eigenvalue weighted by molar-refractivity contribution is 4.81. The van der Waals surface area contributed by atoms with Crippen LogP contribution in [0.25, 0.3) is 0 Å². The number of hydrogen-bond acceptors (Lipinski definition) is 2. The van der Waals surface area contributed by atoms with Crippen molar-refractivity contribution in [1.29, 1.82) is 0 Å². The topological polar surface area (TPSA) is 32.3 Å². The summed E-state index contributed by atoms with van der Waals surface area (Å²) in [7, 11) is 0. The molecule has 2 nitrogen and oxygen atoms in total. The summed E-state index contributed by atoms with van der Waals surface area (Å²) in [6.45, 7) is 0. The van der Waals surface area contributed by atoms with Gasteiger partial charge in [-0.3, -0.25) is 0 Å². The third-order valence-corrected chi connectivity index (χ3v) is 3.76. The summed E-state index contributed by atoms with van der Waals surface area (Å²) >= 11 is 0. The number of rotatable bonds is 0. The second-order valence-corrected chi connectivity index (χ2v) is 5.01. The van der Waals surface area contributed by atoms with E-state index in [9.17, 15) is 5.11 Å². The lowest BCUT2D eigenvalue weighted by molar-refractivity contribution is 0.136. The van der Waals surface area contributed by atoms with Crippen LogP contribution in [0.5, 0.6) is 0 Å². The molecular formula is C12H23NO. The van der Waals surface area contributed by atoms with E-state index < -0.39 is 0 Å². The molecule has 0 aromatic rings. The number of fused-ring (bicyclic) bond motifs is 2. The largest absolute Gasteiger partial charge is 0.393 e. The van der Waals surface area contributed by atoms with E-state index in [-0.39, 0.29) is 6.10 Å². The Morgan fingerprint density at radius 1 is 0.714 bits per heavy atom. The number of aliphatic hydroxyl groups excluding tert-OH is 1. The summed E-state index contributed by atoms with van der Waals surface area (Å²) in [5, 5.41) is 13.4. The summed E-state index contributed by atoms with van der Waals surface area (Å²) in [6, 6.07) is 1.50. The first kappa shape index (κ1) is 10.4. The van der Waals surface area contributed by atoms with Gasteiger partial charge < -0.3 is 10.4 Å². The molecule has 82 valence electrons.